The molecule has 2 heterocycles. The van der Waals surface area contributed by atoms with Gasteiger partial charge in [-0.3, -0.25) is 0 Å². The van der Waals surface area contributed by atoms with Crippen LogP contribution in [0.4, 0.5) is 5.69 Å². The van der Waals surface area contributed by atoms with Crippen LogP contribution in [0, 0.1) is 6.92 Å². The SMILES string of the molecule is Cc1ncc(N2CCCNCC2)cn1. The van der Waals surface area contributed by atoms with Crippen molar-refractivity contribution >= 4 is 5.69 Å². The number of anilines is 1. The lowest BCUT2D eigenvalue weighted by Gasteiger charge is -2.21. The zero-order chi connectivity index (χ0) is 9.80. The second-order valence-corrected chi connectivity index (χ2v) is 3.58. The van der Waals surface area contributed by atoms with Gasteiger partial charge in [-0.1, -0.05) is 0 Å². The van der Waals surface area contributed by atoms with Crippen molar-refractivity contribution in [2.24, 2.45) is 0 Å². The van der Waals surface area contributed by atoms with Crippen LogP contribution in [0.25, 0.3) is 0 Å². The summed E-state index contributed by atoms with van der Waals surface area (Å²) >= 11 is 0. The number of nitrogens with zero attached hydrogens (tertiary/aromatic N) is 3. The number of hydrogen-bond acceptors (Lipinski definition) is 4. The number of rotatable bonds is 1. The third-order valence-corrected chi connectivity index (χ3v) is 2.47. The van der Waals surface area contributed by atoms with E-state index in [0.717, 1.165) is 37.7 Å². The second-order valence-electron chi connectivity index (χ2n) is 3.58. The van der Waals surface area contributed by atoms with Crippen molar-refractivity contribution in [3.63, 3.8) is 0 Å². The van der Waals surface area contributed by atoms with Crippen LogP contribution in [0.3, 0.4) is 0 Å². The fraction of sp³-hybridized carbons (Fsp3) is 0.600. The van der Waals surface area contributed by atoms with Gasteiger partial charge in [-0.15, -0.1) is 0 Å². The van der Waals surface area contributed by atoms with Gasteiger partial charge in [0.1, 0.15) is 5.82 Å². The van der Waals surface area contributed by atoms with Gasteiger partial charge in [0.15, 0.2) is 0 Å². The molecule has 1 saturated heterocycles. The summed E-state index contributed by atoms with van der Waals surface area (Å²) in [6, 6.07) is 0. The molecule has 0 aromatic carbocycles. The Balaban J connectivity index is 2.08. The van der Waals surface area contributed by atoms with Gasteiger partial charge >= 0.3 is 0 Å². The number of aryl methyl sites for hydroxylation is 1. The lowest BCUT2D eigenvalue weighted by Crippen LogP contribution is -2.28. The molecule has 0 aliphatic carbocycles. The summed E-state index contributed by atoms with van der Waals surface area (Å²) in [5.41, 5.74) is 1.14. The van der Waals surface area contributed by atoms with E-state index in [4.69, 9.17) is 0 Å². The Hall–Kier alpha value is -1.16. The maximum absolute atomic E-state index is 4.21. The molecular weight excluding hydrogens is 176 g/mol. The maximum Gasteiger partial charge on any atom is 0.125 e. The van der Waals surface area contributed by atoms with E-state index in [-0.39, 0.29) is 0 Å². The average molecular weight is 192 g/mol. The van der Waals surface area contributed by atoms with Crippen LogP contribution < -0.4 is 10.2 Å². The first-order valence-electron chi connectivity index (χ1n) is 5.10. The van der Waals surface area contributed by atoms with E-state index in [0.29, 0.717) is 0 Å². The molecule has 76 valence electrons. The molecule has 1 N–H and O–H groups in total. The highest BCUT2D eigenvalue weighted by molar-refractivity contribution is 5.41. The summed E-state index contributed by atoms with van der Waals surface area (Å²) in [7, 11) is 0. The zero-order valence-corrected chi connectivity index (χ0v) is 8.53. The van der Waals surface area contributed by atoms with E-state index < -0.39 is 0 Å². The molecule has 0 bridgehead atoms. The average Bonchev–Trinajstić information content (AvgIpc) is 2.47. The Bertz CT molecular complexity index is 275. The molecule has 0 unspecified atom stereocenters. The molecule has 4 heteroatoms. The van der Waals surface area contributed by atoms with Crippen LogP contribution in [0.2, 0.25) is 0 Å². The molecular formula is C10H16N4. The minimum Gasteiger partial charge on any atom is -0.368 e. The van der Waals surface area contributed by atoms with Crippen LogP contribution in [0.5, 0.6) is 0 Å². The molecule has 1 aromatic rings. The highest BCUT2D eigenvalue weighted by Crippen LogP contribution is 2.11. The fourth-order valence-corrected chi connectivity index (χ4v) is 1.65. The van der Waals surface area contributed by atoms with E-state index in [1.807, 2.05) is 19.3 Å². The third kappa shape index (κ3) is 2.20. The number of nitrogens with one attached hydrogen (secondary N) is 1. The highest BCUT2D eigenvalue weighted by atomic mass is 15.2. The molecule has 1 aromatic heterocycles. The highest BCUT2D eigenvalue weighted by Gasteiger charge is 2.09. The smallest absolute Gasteiger partial charge is 0.125 e. The summed E-state index contributed by atoms with van der Waals surface area (Å²) in [5, 5.41) is 3.38. The third-order valence-electron chi connectivity index (χ3n) is 2.47. The van der Waals surface area contributed by atoms with Gasteiger partial charge in [0.05, 0.1) is 18.1 Å². The van der Waals surface area contributed by atoms with E-state index in [9.17, 15) is 0 Å². The van der Waals surface area contributed by atoms with Gasteiger partial charge in [0, 0.05) is 19.6 Å². The van der Waals surface area contributed by atoms with Gasteiger partial charge in [-0.05, 0) is 19.9 Å². The lowest BCUT2D eigenvalue weighted by molar-refractivity contribution is 0.724. The minimum atomic E-state index is 0.835. The van der Waals surface area contributed by atoms with Gasteiger partial charge in [-0.25, -0.2) is 9.97 Å². The van der Waals surface area contributed by atoms with Gasteiger partial charge in [-0.2, -0.15) is 0 Å². The summed E-state index contributed by atoms with van der Waals surface area (Å²) in [6.07, 6.45) is 5.01. The first-order valence-corrected chi connectivity index (χ1v) is 5.10. The standard InChI is InChI=1S/C10H16N4/c1-9-12-7-10(8-13-9)14-5-2-3-11-4-6-14/h7-8,11H,2-6H2,1H3. The van der Waals surface area contributed by atoms with E-state index in [1.54, 1.807) is 0 Å². The Morgan fingerprint density at radius 3 is 2.79 bits per heavy atom. The first kappa shape index (κ1) is 9.40. The van der Waals surface area contributed by atoms with Crippen LogP contribution in [-0.2, 0) is 0 Å². The van der Waals surface area contributed by atoms with Crippen molar-refractivity contribution in [3.05, 3.63) is 18.2 Å². The zero-order valence-electron chi connectivity index (χ0n) is 8.53. The minimum absolute atomic E-state index is 0.835. The van der Waals surface area contributed by atoms with E-state index >= 15 is 0 Å². The summed E-state index contributed by atoms with van der Waals surface area (Å²) in [5.74, 6) is 0.835. The van der Waals surface area contributed by atoms with Crippen molar-refractivity contribution in [1.82, 2.24) is 15.3 Å². The van der Waals surface area contributed by atoms with Crippen LogP contribution >= 0.6 is 0 Å². The molecule has 0 radical (unpaired) electrons. The maximum atomic E-state index is 4.21. The van der Waals surface area contributed by atoms with Crippen molar-refractivity contribution in [2.75, 3.05) is 31.1 Å². The lowest BCUT2D eigenvalue weighted by atomic mass is 10.3. The predicted molar refractivity (Wildman–Crippen MR) is 56.5 cm³/mol. The number of hydrogen-bond donors (Lipinski definition) is 1. The molecule has 0 spiro atoms. The number of aromatic nitrogens is 2. The molecule has 14 heavy (non-hydrogen) atoms. The van der Waals surface area contributed by atoms with Crippen molar-refractivity contribution in [1.29, 1.82) is 0 Å². The molecule has 2 rings (SSSR count). The van der Waals surface area contributed by atoms with Crippen molar-refractivity contribution in [2.45, 2.75) is 13.3 Å². The second kappa shape index (κ2) is 4.37. The molecule has 0 amide bonds. The van der Waals surface area contributed by atoms with Crippen LogP contribution in [0.15, 0.2) is 12.4 Å². The summed E-state index contributed by atoms with van der Waals surface area (Å²) < 4.78 is 0. The Morgan fingerprint density at radius 2 is 2.00 bits per heavy atom. The van der Waals surface area contributed by atoms with Gasteiger partial charge in [0.2, 0.25) is 0 Å². The quantitative estimate of drug-likeness (QED) is 0.707. The summed E-state index contributed by atoms with van der Waals surface area (Å²) in [4.78, 5) is 10.8. The molecule has 0 atom stereocenters. The Kier molecular flexibility index (Phi) is 2.93. The van der Waals surface area contributed by atoms with E-state index in [2.05, 4.69) is 20.2 Å². The Labute approximate surface area is 84.4 Å². The van der Waals surface area contributed by atoms with Crippen molar-refractivity contribution in [3.8, 4) is 0 Å². The molecule has 1 aliphatic heterocycles. The topological polar surface area (TPSA) is 41.1 Å². The molecule has 1 fully saturated rings. The largest absolute Gasteiger partial charge is 0.368 e. The first-order chi connectivity index (χ1) is 6.86. The molecule has 0 saturated carbocycles. The van der Waals surface area contributed by atoms with Gasteiger partial charge < -0.3 is 10.2 Å². The molecule has 1 aliphatic rings. The Morgan fingerprint density at radius 1 is 1.21 bits per heavy atom. The van der Waals surface area contributed by atoms with Crippen LogP contribution in [-0.4, -0.2) is 36.1 Å². The van der Waals surface area contributed by atoms with Crippen molar-refractivity contribution < 1.29 is 0 Å². The molecule has 4 nitrogen and oxygen atoms in total. The normalized spacial score (nSPS) is 17.9. The predicted octanol–water partition coefficient (Wildman–Crippen LogP) is 0.585. The van der Waals surface area contributed by atoms with Gasteiger partial charge in [0.25, 0.3) is 0 Å². The summed E-state index contributed by atoms with van der Waals surface area (Å²) in [6.45, 7) is 6.22. The van der Waals surface area contributed by atoms with Crippen LogP contribution in [0.1, 0.15) is 12.2 Å². The van der Waals surface area contributed by atoms with E-state index in [1.165, 1.54) is 6.42 Å². The monoisotopic (exact) mass is 192 g/mol. The fourth-order valence-electron chi connectivity index (χ4n) is 1.65.